The van der Waals surface area contributed by atoms with Crippen molar-refractivity contribution in [3.63, 3.8) is 0 Å². The molecular formula is C5H8N4O2. The fourth-order valence-electron chi connectivity index (χ4n) is 0.720. The number of hydrogen-bond donors (Lipinski definition) is 2. The van der Waals surface area contributed by atoms with Gasteiger partial charge in [-0.2, -0.15) is 4.98 Å². The van der Waals surface area contributed by atoms with Crippen molar-refractivity contribution in [2.45, 2.75) is 13.5 Å². The SMILES string of the molecule is Cc1nc(N)nn1CC(=O)O. The summed E-state index contributed by atoms with van der Waals surface area (Å²) >= 11 is 0. The normalized spacial score (nSPS) is 9.91. The number of rotatable bonds is 2. The quantitative estimate of drug-likeness (QED) is 0.587. The van der Waals surface area contributed by atoms with Crippen molar-refractivity contribution in [2.24, 2.45) is 0 Å². The molecule has 0 radical (unpaired) electrons. The first-order valence-corrected chi connectivity index (χ1v) is 2.98. The highest BCUT2D eigenvalue weighted by Gasteiger charge is 2.05. The van der Waals surface area contributed by atoms with E-state index < -0.39 is 5.97 Å². The molecule has 0 atom stereocenters. The molecule has 0 amide bonds. The van der Waals surface area contributed by atoms with Crippen molar-refractivity contribution in [3.8, 4) is 0 Å². The van der Waals surface area contributed by atoms with Gasteiger partial charge in [0.1, 0.15) is 12.4 Å². The minimum atomic E-state index is -0.960. The van der Waals surface area contributed by atoms with Crippen LogP contribution in [0.4, 0.5) is 5.95 Å². The van der Waals surface area contributed by atoms with Crippen LogP contribution in [0.5, 0.6) is 0 Å². The third-order valence-corrected chi connectivity index (χ3v) is 1.16. The van der Waals surface area contributed by atoms with Crippen molar-refractivity contribution in [1.29, 1.82) is 0 Å². The van der Waals surface area contributed by atoms with Gasteiger partial charge in [-0.3, -0.25) is 4.79 Å². The van der Waals surface area contributed by atoms with Crippen LogP contribution in [-0.4, -0.2) is 25.8 Å². The zero-order chi connectivity index (χ0) is 8.43. The zero-order valence-electron chi connectivity index (χ0n) is 5.98. The van der Waals surface area contributed by atoms with Crippen molar-refractivity contribution in [1.82, 2.24) is 14.8 Å². The van der Waals surface area contributed by atoms with Gasteiger partial charge < -0.3 is 10.8 Å². The number of carboxylic acid groups (broad SMARTS) is 1. The second-order valence-electron chi connectivity index (χ2n) is 2.07. The molecule has 0 aliphatic rings. The number of nitrogens with zero attached hydrogens (tertiary/aromatic N) is 3. The van der Waals surface area contributed by atoms with Crippen LogP contribution < -0.4 is 5.73 Å². The molecular weight excluding hydrogens is 148 g/mol. The van der Waals surface area contributed by atoms with E-state index in [-0.39, 0.29) is 12.5 Å². The Morgan fingerprint density at radius 2 is 2.45 bits per heavy atom. The Morgan fingerprint density at radius 3 is 2.82 bits per heavy atom. The van der Waals surface area contributed by atoms with Gasteiger partial charge in [0.25, 0.3) is 0 Å². The zero-order valence-corrected chi connectivity index (χ0v) is 5.98. The maximum atomic E-state index is 10.2. The average molecular weight is 156 g/mol. The second kappa shape index (κ2) is 2.57. The van der Waals surface area contributed by atoms with Crippen LogP contribution in [-0.2, 0) is 11.3 Å². The molecule has 0 aliphatic heterocycles. The molecule has 1 rings (SSSR count). The summed E-state index contributed by atoms with van der Waals surface area (Å²) in [5, 5.41) is 12.0. The number of anilines is 1. The van der Waals surface area contributed by atoms with Gasteiger partial charge in [-0.15, -0.1) is 5.10 Å². The van der Waals surface area contributed by atoms with Crippen LogP contribution in [0.2, 0.25) is 0 Å². The van der Waals surface area contributed by atoms with Gasteiger partial charge in [0.05, 0.1) is 0 Å². The average Bonchev–Trinajstić information content (AvgIpc) is 2.09. The highest BCUT2D eigenvalue weighted by atomic mass is 16.4. The molecule has 0 unspecified atom stereocenters. The third-order valence-electron chi connectivity index (χ3n) is 1.16. The first-order valence-electron chi connectivity index (χ1n) is 2.98. The molecule has 0 bridgehead atoms. The van der Waals surface area contributed by atoms with Gasteiger partial charge in [0.15, 0.2) is 0 Å². The molecule has 1 aromatic heterocycles. The number of aliphatic carboxylic acids is 1. The number of nitrogens with two attached hydrogens (primary N) is 1. The van der Waals surface area contributed by atoms with Crippen LogP contribution in [0.25, 0.3) is 0 Å². The minimum absolute atomic E-state index is 0.101. The molecule has 6 heteroatoms. The van der Waals surface area contributed by atoms with Gasteiger partial charge in [-0.1, -0.05) is 0 Å². The molecule has 0 fully saturated rings. The van der Waals surface area contributed by atoms with Gasteiger partial charge in [-0.25, -0.2) is 4.68 Å². The summed E-state index contributed by atoms with van der Waals surface area (Å²) in [5.74, 6) is -0.355. The van der Waals surface area contributed by atoms with Crippen molar-refractivity contribution < 1.29 is 9.90 Å². The summed E-state index contributed by atoms with van der Waals surface area (Å²) in [6.07, 6.45) is 0. The molecule has 11 heavy (non-hydrogen) atoms. The number of carbonyl (C=O) groups is 1. The number of carboxylic acids is 1. The lowest BCUT2D eigenvalue weighted by molar-refractivity contribution is -0.137. The van der Waals surface area contributed by atoms with Gasteiger partial charge >= 0.3 is 5.97 Å². The van der Waals surface area contributed by atoms with Crippen LogP contribution in [0.3, 0.4) is 0 Å². The van der Waals surface area contributed by atoms with Crippen molar-refractivity contribution in [3.05, 3.63) is 5.82 Å². The fraction of sp³-hybridized carbons (Fsp3) is 0.400. The topological polar surface area (TPSA) is 94.0 Å². The third kappa shape index (κ3) is 1.66. The Morgan fingerprint density at radius 1 is 1.82 bits per heavy atom. The monoisotopic (exact) mass is 156 g/mol. The second-order valence-corrected chi connectivity index (χ2v) is 2.07. The molecule has 60 valence electrons. The van der Waals surface area contributed by atoms with Crippen molar-refractivity contribution in [2.75, 3.05) is 5.73 Å². The summed E-state index contributed by atoms with van der Waals surface area (Å²) in [7, 11) is 0. The Bertz CT molecular complexity index is 280. The van der Waals surface area contributed by atoms with E-state index in [0.29, 0.717) is 5.82 Å². The Balaban J connectivity index is 2.85. The Hall–Kier alpha value is -1.59. The van der Waals surface area contributed by atoms with E-state index in [4.69, 9.17) is 10.8 Å². The van der Waals surface area contributed by atoms with E-state index in [1.165, 1.54) is 4.68 Å². The fourth-order valence-corrected chi connectivity index (χ4v) is 0.720. The highest BCUT2D eigenvalue weighted by molar-refractivity contribution is 5.66. The largest absolute Gasteiger partial charge is 0.480 e. The molecule has 6 nitrogen and oxygen atoms in total. The number of hydrogen-bond acceptors (Lipinski definition) is 4. The number of aryl methyl sites for hydroxylation is 1. The predicted molar refractivity (Wildman–Crippen MR) is 36.8 cm³/mol. The summed E-state index contributed by atoms with van der Waals surface area (Å²) in [6, 6.07) is 0. The van der Waals surface area contributed by atoms with Crippen LogP contribution >= 0.6 is 0 Å². The van der Waals surface area contributed by atoms with E-state index in [2.05, 4.69) is 10.1 Å². The van der Waals surface area contributed by atoms with E-state index >= 15 is 0 Å². The van der Waals surface area contributed by atoms with Crippen LogP contribution in [0.1, 0.15) is 5.82 Å². The van der Waals surface area contributed by atoms with E-state index in [9.17, 15) is 4.79 Å². The van der Waals surface area contributed by atoms with Crippen molar-refractivity contribution >= 4 is 11.9 Å². The molecule has 0 spiro atoms. The molecule has 0 aliphatic carbocycles. The molecule has 0 aromatic carbocycles. The number of aromatic nitrogens is 3. The van der Waals surface area contributed by atoms with Crippen LogP contribution in [0.15, 0.2) is 0 Å². The van der Waals surface area contributed by atoms with E-state index in [0.717, 1.165) is 0 Å². The van der Waals surface area contributed by atoms with Gasteiger partial charge in [0.2, 0.25) is 5.95 Å². The predicted octanol–water partition coefficient (Wildman–Crippen LogP) is -0.747. The standard InChI is InChI=1S/C5H8N4O2/c1-3-7-5(6)8-9(3)2-4(10)11/h2H2,1H3,(H2,6,8)(H,10,11). The van der Waals surface area contributed by atoms with Gasteiger partial charge in [-0.05, 0) is 6.92 Å². The molecule has 3 N–H and O–H groups in total. The first kappa shape index (κ1) is 7.52. The smallest absolute Gasteiger partial charge is 0.325 e. The lowest BCUT2D eigenvalue weighted by Crippen LogP contribution is -2.11. The Kier molecular flexibility index (Phi) is 1.75. The van der Waals surface area contributed by atoms with E-state index in [1.807, 2.05) is 0 Å². The minimum Gasteiger partial charge on any atom is -0.480 e. The molecule has 0 saturated heterocycles. The Labute approximate surface area is 62.6 Å². The lowest BCUT2D eigenvalue weighted by atomic mass is 10.6. The number of nitrogen functional groups attached to an aromatic ring is 1. The molecule has 0 saturated carbocycles. The summed E-state index contributed by atoms with van der Waals surface area (Å²) in [4.78, 5) is 13.9. The molecule has 1 aromatic rings. The highest BCUT2D eigenvalue weighted by Crippen LogP contribution is 1.96. The van der Waals surface area contributed by atoms with Gasteiger partial charge in [0, 0.05) is 0 Å². The maximum Gasteiger partial charge on any atom is 0.325 e. The summed E-state index contributed by atoms with van der Waals surface area (Å²) < 4.78 is 1.23. The summed E-state index contributed by atoms with van der Waals surface area (Å²) in [6.45, 7) is 1.45. The van der Waals surface area contributed by atoms with Crippen LogP contribution in [0, 0.1) is 6.92 Å². The lowest BCUT2D eigenvalue weighted by Gasteiger charge is -1.95. The molecule has 1 heterocycles. The maximum absolute atomic E-state index is 10.2. The first-order chi connectivity index (χ1) is 5.09. The summed E-state index contributed by atoms with van der Waals surface area (Å²) in [5.41, 5.74) is 5.22. The van der Waals surface area contributed by atoms with E-state index in [1.54, 1.807) is 6.92 Å².